The first-order valence-corrected chi connectivity index (χ1v) is 23.3. The smallest absolute Gasteiger partial charge is 0.166 e. The largest absolute Gasteiger partial charge is 0.482 e. The lowest BCUT2D eigenvalue weighted by molar-refractivity contribution is 0.172. The highest BCUT2D eigenvalue weighted by Gasteiger charge is 2.25. The Morgan fingerprint density at radius 2 is 1.13 bits per heavy atom. The third-order valence-corrected chi connectivity index (χ3v) is 13.2. The summed E-state index contributed by atoms with van der Waals surface area (Å²) in [5, 5.41) is 21.1. The molecule has 2 unspecified atom stereocenters. The Kier molecular flexibility index (Phi) is 15.4. The van der Waals surface area contributed by atoms with E-state index in [4.69, 9.17) is 67.3 Å². The number of nitrogens with two attached hydrogens (primary N) is 2. The van der Waals surface area contributed by atoms with Crippen molar-refractivity contribution in [2.75, 3.05) is 37.6 Å². The van der Waals surface area contributed by atoms with E-state index in [2.05, 4.69) is 65.1 Å². The van der Waals surface area contributed by atoms with Crippen LogP contribution < -0.4 is 26.3 Å². The molecule has 6 heterocycles. The molecule has 2 fully saturated rings. The van der Waals surface area contributed by atoms with Crippen molar-refractivity contribution >= 4 is 58.0 Å². The maximum atomic E-state index is 14.0. The second-order valence-electron chi connectivity index (χ2n) is 16.4. The molecule has 67 heavy (non-hydrogen) atoms. The average Bonchev–Trinajstić information content (AvgIpc) is 4.04. The van der Waals surface area contributed by atoms with Gasteiger partial charge in [-0.3, -0.25) is 4.90 Å². The van der Waals surface area contributed by atoms with Crippen molar-refractivity contribution in [3.8, 4) is 34.0 Å². The molecule has 2 aliphatic heterocycles. The topological polar surface area (TPSA) is 173 Å². The lowest BCUT2D eigenvalue weighted by Gasteiger charge is -2.31. The molecule has 2 saturated heterocycles. The zero-order valence-electron chi connectivity index (χ0n) is 36.6. The monoisotopic (exact) mass is 990 g/mol. The highest BCUT2D eigenvalue weighted by Crippen LogP contribution is 2.39. The quantitative estimate of drug-likeness (QED) is 0.0991. The van der Waals surface area contributed by atoms with Crippen molar-refractivity contribution in [3.63, 3.8) is 0 Å². The van der Waals surface area contributed by atoms with E-state index in [0.717, 1.165) is 58.4 Å². The number of nitrogens with zero attached hydrogens (tertiary/aromatic N) is 9. The molecule has 0 saturated carbocycles. The van der Waals surface area contributed by atoms with E-state index in [-0.39, 0.29) is 27.7 Å². The van der Waals surface area contributed by atoms with Crippen molar-refractivity contribution in [1.29, 1.82) is 0 Å². The Balaban J connectivity index is 0.000000186. The van der Waals surface area contributed by atoms with Crippen molar-refractivity contribution < 1.29 is 18.3 Å². The number of aromatic nitrogens is 8. The van der Waals surface area contributed by atoms with Crippen molar-refractivity contribution in [2.45, 2.75) is 70.4 Å². The van der Waals surface area contributed by atoms with Crippen LogP contribution in [0, 0.1) is 11.6 Å². The summed E-state index contributed by atoms with van der Waals surface area (Å²) in [6, 6.07) is 19.9. The summed E-state index contributed by atoms with van der Waals surface area (Å²) in [5.41, 5.74) is 16.8. The van der Waals surface area contributed by atoms with Gasteiger partial charge in [0, 0.05) is 64.3 Å². The minimum atomic E-state index is -0.660. The molecule has 0 aliphatic carbocycles. The molecule has 0 bridgehead atoms. The molecule has 2 aliphatic rings. The van der Waals surface area contributed by atoms with Crippen LogP contribution in [0.1, 0.15) is 80.5 Å². The zero-order valence-corrected chi connectivity index (χ0v) is 39.6. The van der Waals surface area contributed by atoms with Crippen LogP contribution >= 0.6 is 46.4 Å². The Morgan fingerprint density at radius 3 is 1.61 bits per heavy atom. The first-order valence-electron chi connectivity index (χ1n) is 21.8. The predicted octanol–water partition coefficient (Wildman–Crippen LogP) is 10.8. The molecule has 5 N–H and O–H groups in total. The number of halogens is 6. The number of rotatable bonds is 12. The van der Waals surface area contributed by atoms with Gasteiger partial charge in [0.15, 0.2) is 23.1 Å². The summed E-state index contributed by atoms with van der Waals surface area (Å²) < 4.78 is 43.6. The van der Waals surface area contributed by atoms with Gasteiger partial charge in [-0.2, -0.15) is 0 Å². The number of hydrogen-bond acceptors (Lipinski definition) is 12. The van der Waals surface area contributed by atoms with Gasteiger partial charge in [-0.25, -0.2) is 28.1 Å². The van der Waals surface area contributed by atoms with Gasteiger partial charge in [-0.15, -0.1) is 10.2 Å². The fourth-order valence-corrected chi connectivity index (χ4v) is 9.49. The van der Waals surface area contributed by atoms with Crippen molar-refractivity contribution in [1.82, 2.24) is 50.2 Å². The van der Waals surface area contributed by atoms with Crippen LogP contribution in [-0.2, 0) is 6.54 Å². The summed E-state index contributed by atoms with van der Waals surface area (Å²) >= 11 is 24.7. The number of pyridine rings is 2. The van der Waals surface area contributed by atoms with Crippen LogP contribution in [0.2, 0.25) is 20.1 Å². The van der Waals surface area contributed by atoms with Gasteiger partial charge in [-0.1, -0.05) is 87.2 Å². The highest BCUT2D eigenvalue weighted by molar-refractivity contribution is 6.36. The van der Waals surface area contributed by atoms with Gasteiger partial charge >= 0.3 is 0 Å². The van der Waals surface area contributed by atoms with E-state index in [9.17, 15) is 8.78 Å². The highest BCUT2D eigenvalue weighted by atomic mass is 35.5. The van der Waals surface area contributed by atoms with E-state index in [1.165, 1.54) is 29.8 Å². The fraction of sp³-hybridized carbons (Fsp3) is 0.319. The molecule has 2 atom stereocenters. The lowest BCUT2D eigenvalue weighted by Crippen LogP contribution is -2.34. The van der Waals surface area contributed by atoms with Crippen molar-refractivity contribution in [3.05, 3.63) is 140 Å². The Bertz CT molecular complexity index is 2800. The van der Waals surface area contributed by atoms with Gasteiger partial charge < -0.3 is 26.3 Å². The van der Waals surface area contributed by atoms with Gasteiger partial charge in [0.05, 0.1) is 34.5 Å². The summed E-state index contributed by atoms with van der Waals surface area (Å²) in [5.74, 6) is -0.102. The summed E-state index contributed by atoms with van der Waals surface area (Å²) in [7, 11) is 0. The summed E-state index contributed by atoms with van der Waals surface area (Å²) in [6.45, 7) is 8.32. The van der Waals surface area contributed by atoms with Crippen molar-refractivity contribution in [2.24, 2.45) is 0 Å². The molecule has 3 aromatic carbocycles. The minimum absolute atomic E-state index is 0.0809. The molecule has 0 radical (unpaired) electrons. The molecular formula is C47H48Cl4F2N12O2. The summed E-state index contributed by atoms with van der Waals surface area (Å²) in [4.78, 5) is 10.9. The van der Waals surface area contributed by atoms with Gasteiger partial charge in [0.1, 0.15) is 35.2 Å². The number of anilines is 2. The van der Waals surface area contributed by atoms with E-state index < -0.39 is 23.8 Å². The lowest BCUT2D eigenvalue weighted by atomic mass is 10.0. The Hall–Kier alpha value is -5.62. The minimum Gasteiger partial charge on any atom is -0.482 e. The second kappa shape index (κ2) is 21.6. The predicted molar refractivity (Wildman–Crippen MR) is 257 cm³/mol. The van der Waals surface area contributed by atoms with Crippen LogP contribution in [0.4, 0.5) is 20.4 Å². The Labute approximate surface area is 406 Å². The second-order valence-corrected chi connectivity index (χ2v) is 18.0. The summed E-state index contributed by atoms with van der Waals surface area (Å²) in [6.07, 6.45) is 9.77. The van der Waals surface area contributed by atoms with Crippen LogP contribution in [0.5, 0.6) is 11.5 Å². The van der Waals surface area contributed by atoms with Gasteiger partial charge in [-0.05, 0) is 94.6 Å². The first-order chi connectivity index (χ1) is 32.3. The maximum absolute atomic E-state index is 14.0. The number of ether oxygens (including phenoxy) is 2. The van der Waals surface area contributed by atoms with Crippen LogP contribution in [0.3, 0.4) is 0 Å². The maximum Gasteiger partial charge on any atom is 0.166 e. The SMILES string of the molecule is CC(Oc1cc(-c2cn(C3CCN(Cc4ccccc4)CC3)nn2)cnc1N)c1c(Cl)ccc(F)c1Cl.CC(Oc1cc(-c2cn(C3CCNCC3)nn2)cnc1N)c1c(Cl)ccc(F)c1Cl. The fourth-order valence-electron chi connectivity index (χ4n) is 8.14. The standard InChI is InChI=1S/C27H27Cl2FN6O.C20H21Cl2FN6O/c1-17(25-21(28)7-8-22(30)26(25)29)37-24-13-19(14-32-27(24)31)23-16-36(34-33-23)20-9-11-35(12-10-20)15-18-5-3-2-4-6-18;1-11(18-14(21)2-3-15(23)19(18)22)30-17-8-12(9-26-20(17)24)16-10-29(28-27-16)13-4-6-25-7-5-13/h2-8,13-14,16-17,20H,9-12,15H2,1H3,(H2,31,32);2-3,8-11,13,25H,4-7H2,1H3,(H2,24,26). The van der Waals surface area contributed by atoms with E-state index in [1.54, 1.807) is 38.4 Å². The number of nitrogen functional groups attached to an aromatic ring is 2. The van der Waals surface area contributed by atoms with E-state index in [1.807, 2.05) is 27.8 Å². The molecule has 4 aromatic heterocycles. The normalized spacial score (nSPS) is 15.7. The van der Waals surface area contributed by atoms with Gasteiger partial charge in [0.25, 0.3) is 0 Å². The molecule has 14 nitrogen and oxygen atoms in total. The average molecular weight is 993 g/mol. The number of benzene rings is 3. The van der Waals surface area contributed by atoms with E-state index >= 15 is 0 Å². The third kappa shape index (κ3) is 11.4. The molecule has 9 rings (SSSR count). The number of piperidine rings is 2. The first kappa shape index (κ1) is 47.9. The molecule has 0 amide bonds. The number of hydrogen-bond donors (Lipinski definition) is 3. The number of likely N-dealkylation sites (tertiary alicyclic amines) is 1. The zero-order chi connectivity index (χ0) is 47.2. The van der Waals surface area contributed by atoms with Crippen LogP contribution in [0.25, 0.3) is 22.5 Å². The molecule has 0 spiro atoms. The van der Waals surface area contributed by atoms with Gasteiger partial charge in [0.2, 0.25) is 0 Å². The Morgan fingerprint density at radius 1 is 0.672 bits per heavy atom. The molecule has 7 aromatic rings. The molecule has 20 heteroatoms. The number of nitrogens with one attached hydrogen (secondary N) is 1. The van der Waals surface area contributed by atoms with E-state index in [0.29, 0.717) is 61.2 Å². The molecule has 350 valence electrons. The van der Waals surface area contributed by atoms with Crippen LogP contribution in [0.15, 0.2) is 91.5 Å². The molecular weight excluding hydrogens is 944 g/mol. The third-order valence-electron chi connectivity index (χ3n) is 11.8. The van der Waals surface area contributed by atoms with Crippen LogP contribution in [-0.4, -0.2) is 71.0 Å².